The number of carbonyl (C=O) groups is 1. The van der Waals surface area contributed by atoms with Crippen LogP contribution < -0.4 is 18.9 Å². The van der Waals surface area contributed by atoms with E-state index in [-0.39, 0.29) is 31.2 Å². The van der Waals surface area contributed by atoms with E-state index in [4.69, 9.17) is 0 Å². The fraction of sp³-hybridized carbons (Fsp3) is 0.650. The molecule has 0 N–H and O–H groups in total. The van der Waals surface area contributed by atoms with Crippen molar-refractivity contribution in [2.75, 3.05) is 0 Å². The summed E-state index contributed by atoms with van der Waals surface area (Å²) in [5.74, 6) is 1.45. The van der Waals surface area contributed by atoms with E-state index in [2.05, 4.69) is 69.8 Å². The van der Waals surface area contributed by atoms with Crippen LogP contribution in [0.25, 0.3) is 0 Å². The minimum Gasteiger partial charge on any atom is -1.00 e. The molecule has 0 saturated carbocycles. The van der Waals surface area contributed by atoms with Gasteiger partial charge in [0.15, 0.2) is 5.78 Å². The Labute approximate surface area is 159 Å². The molecule has 1 nitrogen and oxygen atoms in total. The van der Waals surface area contributed by atoms with Crippen molar-refractivity contribution in [1.29, 1.82) is 0 Å². The Bertz CT molecular complexity index is 522. The van der Waals surface area contributed by atoms with Gasteiger partial charge in [0.25, 0.3) is 0 Å². The van der Waals surface area contributed by atoms with Crippen molar-refractivity contribution in [2.24, 2.45) is 0 Å². The van der Waals surface area contributed by atoms with Crippen LogP contribution in [0.1, 0.15) is 108 Å². The van der Waals surface area contributed by atoms with E-state index < -0.39 is 0 Å². The van der Waals surface area contributed by atoms with Crippen LogP contribution in [0.2, 0.25) is 0 Å². The first-order valence-electron chi connectivity index (χ1n) is 8.54. The van der Waals surface area contributed by atoms with Gasteiger partial charge in [0.2, 0.25) is 0 Å². The van der Waals surface area contributed by atoms with Gasteiger partial charge in [0.05, 0.1) is 0 Å². The zero-order valence-electron chi connectivity index (χ0n) is 17.6. The summed E-state index contributed by atoms with van der Waals surface area (Å²) in [6.45, 7) is 17.3. The Balaban J connectivity index is 0. The molecule has 2 unspecified atom stereocenters. The van der Waals surface area contributed by atoms with Gasteiger partial charge in [0, 0.05) is 10.7 Å². The predicted molar refractivity (Wildman–Crippen MR) is 103 cm³/mol. The van der Waals surface area contributed by atoms with Crippen LogP contribution >= 0.6 is 9.24 Å². The molecule has 23 heavy (non-hydrogen) atoms. The van der Waals surface area contributed by atoms with Crippen LogP contribution in [0.4, 0.5) is 0 Å². The Kier molecular flexibility index (Phi) is 8.82. The topological polar surface area (TPSA) is 17.1 Å². The second-order valence-electron chi connectivity index (χ2n) is 7.64. The summed E-state index contributed by atoms with van der Waals surface area (Å²) in [6.07, 6.45) is 0.831. The molecule has 0 saturated heterocycles. The molecule has 126 valence electrons. The van der Waals surface area contributed by atoms with Crippen molar-refractivity contribution >= 4 is 15.0 Å². The molecule has 0 aliphatic heterocycles. The SMILES string of the molecule is CCC(C)(P)C(=O)c1c(C(C)C)cc(C(C)C)cc1C(C)C.[H-].[Li+]. The van der Waals surface area contributed by atoms with Crippen LogP contribution in [0, 0.1) is 0 Å². The van der Waals surface area contributed by atoms with Gasteiger partial charge in [0.1, 0.15) is 0 Å². The minimum atomic E-state index is -0.382. The van der Waals surface area contributed by atoms with Crippen molar-refractivity contribution in [1.82, 2.24) is 0 Å². The molecule has 0 radical (unpaired) electrons. The van der Waals surface area contributed by atoms with Gasteiger partial charge in [-0.15, -0.1) is 9.24 Å². The smallest absolute Gasteiger partial charge is 1.00 e. The number of hydrogen-bond donors (Lipinski definition) is 0. The standard InChI is InChI=1S/C20H33OP.Li.H/c1-9-20(8,22)19(21)18-16(13(4)5)10-15(12(2)3)11-17(18)14(6)7;;/h10-14H,9,22H2,1-8H3;;/q;+1;-1. The maximum atomic E-state index is 13.2. The molecule has 0 fully saturated rings. The predicted octanol–water partition coefficient (Wildman–Crippen LogP) is 3.40. The van der Waals surface area contributed by atoms with E-state index in [1.165, 1.54) is 16.7 Å². The van der Waals surface area contributed by atoms with Crippen molar-refractivity contribution in [3.8, 4) is 0 Å². The molecule has 0 aromatic heterocycles. The van der Waals surface area contributed by atoms with E-state index in [9.17, 15) is 4.79 Å². The van der Waals surface area contributed by atoms with Gasteiger partial charge in [-0.25, -0.2) is 0 Å². The number of ketones is 1. The first-order chi connectivity index (χ1) is 10.0. The van der Waals surface area contributed by atoms with E-state index >= 15 is 0 Å². The van der Waals surface area contributed by atoms with Crippen LogP contribution in [-0.4, -0.2) is 10.9 Å². The third-order valence-corrected chi connectivity index (χ3v) is 5.28. The number of hydrogen-bond acceptors (Lipinski definition) is 1. The summed E-state index contributed by atoms with van der Waals surface area (Å²) < 4.78 is 0. The maximum Gasteiger partial charge on any atom is 1.00 e. The Morgan fingerprint density at radius 2 is 1.43 bits per heavy atom. The van der Waals surface area contributed by atoms with Crippen LogP contribution in [0.3, 0.4) is 0 Å². The fourth-order valence-electron chi connectivity index (χ4n) is 2.66. The third kappa shape index (κ3) is 5.19. The number of Topliss-reactive ketones (excluding diaryl/α,β-unsaturated/α-hetero) is 1. The molecule has 1 aromatic carbocycles. The summed E-state index contributed by atoms with van der Waals surface area (Å²) >= 11 is 0. The molecule has 1 aromatic rings. The molecule has 0 bridgehead atoms. The molecule has 0 spiro atoms. The summed E-state index contributed by atoms with van der Waals surface area (Å²) in [5.41, 5.74) is 4.73. The Morgan fingerprint density at radius 3 is 1.70 bits per heavy atom. The number of benzene rings is 1. The Morgan fingerprint density at radius 1 is 1.04 bits per heavy atom. The first-order valence-corrected chi connectivity index (χ1v) is 9.12. The van der Waals surface area contributed by atoms with Gasteiger partial charge in [-0.05, 0) is 47.8 Å². The van der Waals surface area contributed by atoms with E-state index in [1.54, 1.807) is 0 Å². The van der Waals surface area contributed by atoms with E-state index in [1.807, 2.05) is 6.92 Å². The average molecular weight is 328 g/mol. The Hall–Kier alpha value is -0.0826. The van der Waals surface area contributed by atoms with E-state index in [0.717, 1.165) is 12.0 Å². The zero-order valence-corrected chi connectivity index (χ0v) is 17.7. The second kappa shape index (κ2) is 8.85. The normalized spacial score (nSPS) is 14.1. The molecule has 0 aliphatic rings. The van der Waals surface area contributed by atoms with Gasteiger partial charge < -0.3 is 1.43 Å². The molecule has 3 heteroatoms. The monoisotopic (exact) mass is 328 g/mol. The largest absolute Gasteiger partial charge is 1.00 e. The summed E-state index contributed by atoms with van der Waals surface area (Å²) in [7, 11) is 2.77. The van der Waals surface area contributed by atoms with E-state index in [0.29, 0.717) is 17.8 Å². The van der Waals surface area contributed by atoms with Gasteiger partial charge >= 0.3 is 18.9 Å². The second-order valence-corrected chi connectivity index (χ2v) is 8.91. The van der Waals surface area contributed by atoms with Crippen LogP contribution in [-0.2, 0) is 0 Å². The molecule has 0 amide bonds. The minimum absolute atomic E-state index is 0. The molecule has 1 rings (SSSR count). The van der Waals surface area contributed by atoms with Gasteiger partial charge in [-0.3, -0.25) is 4.79 Å². The summed E-state index contributed by atoms with van der Waals surface area (Å²) in [6, 6.07) is 4.51. The molecular formula is C20H34LiOP. The molecule has 2 atom stereocenters. The van der Waals surface area contributed by atoms with Crippen molar-refractivity contribution in [2.45, 2.75) is 84.7 Å². The maximum absolute atomic E-state index is 13.2. The van der Waals surface area contributed by atoms with Gasteiger partial charge in [-0.1, -0.05) is 60.6 Å². The average Bonchev–Trinajstić information content (AvgIpc) is 2.44. The number of rotatable bonds is 6. The van der Waals surface area contributed by atoms with Gasteiger partial charge in [-0.2, -0.15) is 0 Å². The van der Waals surface area contributed by atoms with Crippen molar-refractivity contribution in [3.05, 3.63) is 34.4 Å². The number of carbonyl (C=O) groups excluding carboxylic acids is 1. The van der Waals surface area contributed by atoms with Crippen LogP contribution in [0.15, 0.2) is 12.1 Å². The zero-order chi connectivity index (χ0) is 17.2. The molecular weight excluding hydrogens is 294 g/mol. The molecule has 0 aliphatic carbocycles. The van der Waals surface area contributed by atoms with Crippen LogP contribution in [0.5, 0.6) is 0 Å². The third-order valence-electron chi connectivity index (χ3n) is 4.61. The summed E-state index contributed by atoms with van der Waals surface area (Å²) in [4.78, 5) is 13.2. The quantitative estimate of drug-likeness (QED) is 0.444. The molecule has 0 heterocycles. The fourth-order valence-corrected chi connectivity index (χ4v) is 2.81. The van der Waals surface area contributed by atoms with Crippen molar-refractivity contribution in [3.63, 3.8) is 0 Å². The van der Waals surface area contributed by atoms with Crippen molar-refractivity contribution < 1.29 is 25.1 Å². The summed E-state index contributed by atoms with van der Waals surface area (Å²) in [5, 5.41) is -0.382. The first kappa shape index (κ1) is 22.9.